The van der Waals surface area contributed by atoms with Gasteiger partial charge in [0.25, 0.3) is 10.0 Å². The van der Waals surface area contributed by atoms with Gasteiger partial charge < -0.3 is 10.2 Å². The molecule has 3 aromatic rings. The van der Waals surface area contributed by atoms with Gasteiger partial charge in [0, 0.05) is 12.1 Å². The Morgan fingerprint density at radius 3 is 2.08 bits per heavy atom. The van der Waals surface area contributed by atoms with Crippen molar-refractivity contribution >= 4 is 27.5 Å². The normalized spacial score (nSPS) is 12.5. The molecule has 7 nitrogen and oxygen atoms in total. The summed E-state index contributed by atoms with van der Waals surface area (Å²) in [5, 5.41) is 2.93. The van der Waals surface area contributed by atoms with E-state index >= 15 is 0 Å². The Balaban J connectivity index is 2.01. The molecule has 0 heterocycles. The highest BCUT2D eigenvalue weighted by Crippen LogP contribution is 2.25. The third-order valence-electron chi connectivity index (χ3n) is 6.03. The van der Waals surface area contributed by atoms with Crippen LogP contribution in [0.3, 0.4) is 0 Å². The molecule has 0 aromatic heterocycles. The minimum Gasteiger partial charge on any atom is -0.350 e. The molecule has 2 amide bonds. The summed E-state index contributed by atoms with van der Waals surface area (Å²) in [5.41, 5.74) is 2.67. The Hall–Kier alpha value is -3.65. The number of hydrogen-bond acceptors (Lipinski definition) is 4. The largest absolute Gasteiger partial charge is 0.350 e. The van der Waals surface area contributed by atoms with E-state index in [1.807, 2.05) is 58.9 Å². The average Bonchev–Trinajstić information content (AvgIpc) is 2.85. The topological polar surface area (TPSA) is 86.8 Å². The summed E-state index contributed by atoms with van der Waals surface area (Å²) in [6, 6.07) is 21.9. The third kappa shape index (κ3) is 7.44. The van der Waals surface area contributed by atoms with E-state index in [2.05, 4.69) is 5.32 Å². The van der Waals surface area contributed by atoms with E-state index in [1.165, 1.54) is 17.0 Å². The highest BCUT2D eigenvalue weighted by Gasteiger charge is 2.33. The van der Waals surface area contributed by atoms with E-state index in [9.17, 15) is 18.0 Å². The standard InChI is InChI=1S/C30H37N3O4S/c1-22-15-17-27(18-16-22)38(36,37)33(26-13-8-7-9-14-26)21-28(34)32(20-25-12-10-11-23(2)19-25)24(3)29(35)31-30(4,5)6/h7-19,24H,20-21H2,1-6H3,(H,31,35). The number of sulfonamides is 1. The van der Waals surface area contributed by atoms with Crippen molar-refractivity contribution in [1.29, 1.82) is 0 Å². The summed E-state index contributed by atoms with van der Waals surface area (Å²) >= 11 is 0. The number of nitrogens with zero attached hydrogens (tertiary/aromatic N) is 2. The molecule has 0 aliphatic carbocycles. The fourth-order valence-corrected chi connectivity index (χ4v) is 5.44. The summed E-state index contributed by atoms with van der Waals surface area (Å²) in [5.74, 6) is -0.797. The lowest BCUT2D eigenvalue weighted by Crippen LogP contribution is -2.54. The van der Waals surface area contributed by atoms with Crippen molar-refractivity contribution < 1.29 is 18.0 Å². The zero-order valence-corrected chi connectivity index (χ0v) is 23.7. The SMILES string of the molecule is Cc1ccc(S(=O)(=O)N(CC(=O)N(Cc2cccc(C)c2)C(C)C(=O)NC(C)(C)C)c2ccccc2)cc1. The average molecular weight is 536 g/mol. The Morgan fingerprint density at radius 1 is 0.868 bits per heavy atom. The summed E-state index contributed by atoms with van der Waals surface area (Å²) in [4.78, 5) is 28.6. The summed E-state index contributed by atoms with van der Waals surface area (Å²) < 4.78 is 28.7. The van der Waals surface area contributed by atoms with Crippen LogP contribution in [0.2, 0.25) is 0 Å². The van der Waals surface area contributed by atoms with Gasteiger partial charge in [-0.2, -0.15) is 0 Å². The number of carbonyl (C=O) groups is 2. The number of benzene rings is 3. The van der Waals surface area contributed by atoms with Gasteiger partial charge in [-0.05, 0) is 71.4 Å². The molecule has 0 spiro atoms. The van der Waals surface area contributed by atoms with Gasteiger partial charge in [0.15, 0.2) is 0 Å². The molecule has 0 fully saturated rings. The highest BCUT2D eigenvalue weighted by molar-refractivity contribution is 7.92. The smallest absolute Gasteiger partial charge is 0.264 e. The number of para-hydroxylation sites is 1. The number of anilines is 1. The molecule has 3 rings (SSSR count). The number of carbonyl (C=O) groups excluding carboxylic acids is 2. The molecule has 202 valence electrons. The van der Waals surface area contributed by atoms with E-state index in [1.54, 1.807) is 49.4 Å². The van der Waals surface area contributed by atoms with Crippen molar-refractivity contribution in [1.82, 2.24) is 10.2 Å². The van der Waals surface area contributed by atoms with Crippen LogP contribution in [-0.4, -0.2) is 43.3 Å². The predicted octanol–water partition coefficient (Wildman–Crippen LogP) is 4.83. The molecule has 1 atom stereocenters. The first-order valence-corrected chi connectivity index (χ1v) is 14.0. The second-order valence-corrected chi connectivity index (χ2v) is 12.4. The van der Waals surface area contributed by atoms with Gasteiger partial charge in [-0.1, -0.05) is 65.7 Å². The zero-order valence-electron chi connectivity index (χ0n) is 22.9. The number of nitrogens with one attached hydrogen (secondary N) is 1. The first-order chi connectivity index (χ1) is 17.8. The molecule has 0 aliphatic rings. The number of amides is 2. The van der Waals surface area contributed by atoms with Gasteiger partial charge in [-0.25, -0.2) is 8.42 Å². The van der Waals surface area contributed by atoms with Crippen LogP contribution in [0.5, 0.6) is 0 Å². The highest BCUT2D eigenvalue weighted by atomic mass is 32.2. The van der Waals surface area contributed by atoms with Crippen LogP contribution < -0.4 is 9.62 Å². The van der Waals surface area contributed by atoms with Gasteiger partial charge in [0.1, 0.15) is 12.6 Å². The lowest BCUT2D eigenvalue weighted by Gasteiger charge is -2.33. The minimum atomic E-state index is -4.07. The molecular formula is C30H37N3O4S. The van der Waals surface area contributed by atoms with Crippen molar-refractivity contribution in [2.24, 2.45) is 0 Å². The maximum Gasteiger partial charge on any atom is 0.264 e. The maximum absolute atomic E-state index is 13.9. The lowest BCUT2D eigenvalue weighted by atomic mass is 10.1. The van der Waals surface area contributed by atoms with Gasteiger partial charge in [-0.15, -0.1) is 0 Å². The number of hydrogen-bond donors (Lipinski definition) is 1. The number of aryl methyl sites for hydroxylation is 2. The predicted molar refractivity (Wildman–Crippen MR) is 151 cm³/mol. The van der Waals surface area contributed by atoms with Crippen molar-refractivity contribution in [3.8, 4) is 0 Å². The fraction of sp³-hybridized carbons (Fsp3) is 0.333. The van der Waals surface area contributed by atoms with Crippen molar-refractivity contribution in [2.45, 2.75) is 64.6 Å². The monoisotopic (exact) mass is 535 g/mol. The van der Waals surface area contributed by atoms with Crippen LogP contribution in [0.4, 0.5) is 5.69 Å². The van der Waals surface area contributed by atoms with Crippen LogP contribution in [0.25, 0.3) is 0 Å². The second-order valence-electron chi connectivity index (χ2n) is 10.6. The quantitative estimate of drug-likeness (QED) is 0.425. The summed E-state index contributed by atoms with van der Waals surface area (Å²) in [6.45, 7) is 10.8. The van der Waals surface area contributed by atoms with Gasteiger partial charge in [0.05, 0.1) is 10.6 Å². The maximum atomic E-state index is 13.9. The lowest BCUT2D eigenvalue weighted by molar-refractivity contribution is -0.140. The van der Waals surface area contributed by atoms with Gasteiger partial charge in [0.2, 0.25) is 11.8 Å². The molecule has 0 radical (unpaired) electrons. The second kappa shape index (κ2) is 11.8. The molecule has 3 aromatic carbocycles. The third-order valence-corrected chi connectivity index (χ3v) is 7.82. The van der Waals surface area contributed by atoms with E-state index in [0.717, 1.165) is 21.0 Å². The van der Waals surface area contributed by atoms with Gasteiger partial charge >= 0.3 is 0 Å². The van der Waals surface area contributed by atoms with Crippen LogP contribution >= 0.6 is 0 Å². The first-order valence-electron chi connectivity index (χ1n) is 12.6. The van der Waals surface area contributed by atoms with E-state index in [0.29, 0.717) is 5.69 Å². The van der Waals surface area contributed by atoms with E-state index in [-0.39, 0.29) is 17.3 Å². The first kappa shape index (κ1) is 28.9. The molecule has 1 unspecified atom stereocenters. The van der Waals surface area contributed by atoms with Crippen LogP contribution in [0.15, 0.2) is 83.8 Å². The summed E-state index contributed by atoms with van der Waals surface area (Å²) in [6.07, 6.45) is 0. The molecule has 38 heavy (non-hydrogen) atoms. The molecule has 0 saturated carbocycles. The van der Waals surface area contributed by atoms with E-state index < -0.39 is 34.1 Å². The van der Waals surface area contributed by atoms with Crippen LogP contribution in [-0.2, 0) is 26.2 Å². The number of rotatable bonds is 9. The molecule has 1 N–H and O–H groups in total. The van der Waals surface area contributed by atoms with Crippen molar-refractivity contribution in [3.63, 3.8) is 0 Å². The molecule has 0 aliphatic heterocycles. The van der Waals surface area contributed by atoms with Crippen molar-refractivity contribution in [3.05, 3.63) is 95.6 Å². The van der Waals surface area contributed by atoms with Crippen LogP contribution in [0, 0.1) is 13.8 Å². The fourth-order valence-electron chi connectivity index (χ4n) is 4.02. The van der Waals surface area contributed by atoms with Crippen molar-refractivity contribution in [2.75, 3.05) is 10.8 Å². The van der Waals surface area contributed by atoms with E-state index in [4.69, 9.17) is 0 Å². The summed E-state index contributed by atoms with van der Waals surface area (Å²) in [7, 11) is -4.07. The minimum absolute atomic E-state index is 0.0866. The Labute approximate surface area is 226 Å². The van der Waals surface area contributed by atoms with Crippen LogP contribution in [0.1, 0.15) is 44.4 Å². The van der Waals surface area contributed by atoms with Gasteiger partial charge in [-0.3, -0.25) is 13.9 Å². The Kier molecular flexibility index (Phi) is 8.99. The molecular weight excluding hydrogens is 498 g/mol. The molecule has 0 bridgehead atoms. The molecule has 0 saturated heterocycles. The molecule has 8 heteroatoms. The Morgan fingerprint density at radius 2 is 1.50 bits per heavy atom. The Bertz CT molecular complexity index is 1360. The zero-order chi connectivity index (χ0) is 28.1.